The Bertz CT molecular complexity index is 833. The fraction of sp³-hybridized carbons (Fsp3) is 0.762. The number of hydrogen-bond acceptors (Lipinski definition) is 4. The molecule has 0 bridgehead atoms. The summed E-state index contributed by atoms with van der Waals surface area (Å²) in [7, 11) is -3.28. The quantitative estimate of drug-likeness (QED) is 0.465. The van der Waals surface area contributed by atoms with E-state index in [0.717, 1.165) is 31.2 Å². The van der Waals surface area contributed by atoms with Crippen LogP contribution in [-0.2, 0) is 20.7 Å². The zero-order valence-electron chi connectivity index (χ0n) is 18.1. The van der Waals surface area contributed by atoms with E-state index in [1.165, 1.54) is 14.0 Å². The van der Waals surface area contributed by atoms with Gasteiger partial charge in [-0.15, -0.1) is 0 Å². The van der Waals surface area contributed by atoms with Crippen molar-refractivity contribution in [2.24, 2.45) is 5.92 Å². The number of unbranched alkanes of at least 4 members (excludes halogenated alkanes) is 1. The van der Waals surface area contributed by atoms with Crippen molar-refractivity contribution in [2.45, 2.75) is 95.8 Å². The number of thiophene rings is 1. The van der Waals surface area contributed by atoms with Crippen molar-refractivity contribution in [3.63, 3.8) is 0 Å². The van der Waals surface area contributed by atoms with Gasteiger partial charge in [0.15, 0.2) is 0 Å². The fourth-order valence-corrected chi connectivity index (χ4v) is 10.3. The summed E-state index contributed by atoms with van der Waals surface area (Å²) < 4.78 is 28.0. The van der Waals surface area contributed by atoms with Gasteiger partial charge in [-0.25, -0.2) is 0 Å². The Morgan fingerprint density at radius 3 is 2.11 bits per heavy atom. The van der Waals surface area contributed by atoms with Crippen LogP contribution in [0.25, 0.3) is 9.78 Å². The summed E-state index contributed by atoms with van der Waals surface area (Å²) in [6.45, 7) is 17.5. The van der Waals surface area contributed by atoms with E-state index in [-0.39, 0.29) is 37.0 Å². The molecule has 0 radical (unpaired) electrons. The number of rotatable bonds is 7. The average molecular weight is 477 g/mol. The van der Waals surface area contributed by atoms with Crippen LogP contribution in [0.15, 0.2) is 3.90 Å². The second-order valence-electron chi connectivity index (χ2n) is 9.62. The summed E-state index contributed by atoms with van der Waals surface area (Å²) in [6.07, 6.45) is 4.12. The summed E-state index contributed by atoms with van der Waals surface area (Å²) in [5, 5.41) is 0. The van der Waals surface area contributed by atoms with E-state index in [1.807, 2.05) is 11.3 Å². The van der Waals surface area contributed by atoms with Gasteiger partial charge in [0.1, 0.15) is 0 Å². The summed E-state index contributed by atoms with van der Waals surface area (Å²) in [4.78, 5) is 7.30. The van der Waals surface area contributed by atoms with Crippen LogP contribution in [0.4, 0.5) is 0 Å². The minimum atomic E-state index is -3.28. The van der Waals surface area contributed by atoms with E-state index in [0.29, 0.717) is 3.90 Å². The maximum atomic E-state index is 13.1. The topological polar surface area (TPSA) is 47.0 Å². The molecule has 0 saturated carbocycles. The predicted molar refractivity (Wildman–Crippen MR) is 119 cm³/mol. The number of sulfone groups is 1. The molecule has 27 heavy (non-hydrogen) atoms. The van der Waals surface area contributed by atoms with Crippen LogP contribution in [0, 0.1) is 5.92 Å². The first-order valence-corrected chi connectivity index (χ1v) is 14.2. The van der Waals surface area contributed by atoms with E-state index in [4.69, 9.17) is 4.98 Å². The number of aromatic nitrogens is 1. The monoisotopic (exact) mass is 477 g/mol. The Morgan fingerprint density at radius 2 is 1.63 bits per heavy atom. The molecular formula is C21H35NO2S2Se. The standard InChI is InChI=1S/C21H35NO2S2Se/c1-9-11-12-14(10-2)13-26(23,24)19-22-15-16(27-19)18(21(6,7)8)25-17(15)20(3,4)5/h14H,9-13H2,1-8H3. The Morgan fingerprint density at radius 1 is 1.04 bits per heavy atom. The molecule has 1 unspecified atom stereocenters. The summed E-state index contributed by atoms with van der Waals surface area (Å²) in [5.41, 5.74) is 0.962. The molecule has 0 aliphatic rings. The van der Waals surface area contributed by atoms with Crippen LogP contribution in [0.3, 0.4) is 0 Å². The zero-order valence-corrected chi connectivity index (χ0v) is 21.4. The molecule has 0 aromatic carbocycles. The van der Waals surface area contributed by atoms with Crippen molar-refractivity contribution in [3.05, 3.63) is 9.75 Å². The van der Waals surface area contributed by atoms with Gasteiger partial charge in [-0.05, 0) is 0 Å². The van der Waals surface area contributed by atoms with E-state index in [2.05, 4.69) is 55.4 Å². The first-order valence-electron chi connectivity index (χ1n) is 9.98. The molecule has 3 nitrogen and oxygen atoms in total. The van der Waals surface area contributed by atoms with E-state index in [1.54, 1.807) is 0 Å². The summed E-state index contributed by atoms with van der Waals surface area (Å²) >= 11 is 1.62. The molecule has 0 saturated heterocycles. The van der Waals surface area contributed by atoms with E-state index >= 15 is 0 Å². The van der Waals surface area contributed by atoms with Crippen molar-refractivity contribution >= 4 is 45.5 Å². The maximum absolute atomic E-state index is 13.1. The van der Waals surface area contributed by atoms with Crippen molar-refractivity contribution in [1.29, 1.82) is 0 Å². The van der Waals surface area contributed by atoms with Crippen molar-refractivity contribution in [2.75, 3.05) is 5.75 Å². The normalized spacial score (nSPS) is 14.8. The van der Waals surface area contributed by atoms with Crippen molar-refractivity contribution in [1.82, 2.24) is 4.98 Å². The molecule has 6 heteroatoms. The molecule has 1 atom stereocenters. The molecule has 0 N–H and O–H groups in total. The molecule has 2 aromatic heterocycles. The van der Waals surface area contributed by atoms with E-state index in [9.17, 15) is 8.42 Å². The van der Waals surface area contributed by atoms with Crippen molar-refractivity contribution in [3.8, 4) is 0 Å². The molecule has 0 aliphatic carbocycles. The van der Waals surface area contributed by atoms with Gasteiger partial charge in [-0.1, -0.05) is 0 Å². The van der Waals surface area contributed by atoms with Gasteiger partial charge in [0.05, 0.1) is 0 Å². The third-order valence-corrected chi connectivity index (χ3v) is 12.6. The summed E-state index contributed by atoms with van der Waals surface area (Å²) in [6, 6.07) is 0. The molecule has 0 spiro atoms. The third-order valence-electron chi connectivity index (χ3n) is 4.86. The molecule has 2 rings (SSSR count). The molecule has 2 heterocycles. The van der Waals surface area contributed by atoms with E-state index < -0.39 is 9.84 Å². The van der Waals surface area contributed by atoms with Crippen LogP contribution in [0.1, 0.15) is 90.8 Å². The summed E-state index contributed by atoms with van der Waals surface area (Å²) in [5.74, 6) is 0.503. The molecule has 0 aliphatic heterocycles. The Kier molecular flexibility index (Phi) is 7.10. The van der Waals surface area contributed by atoms with Crippen LogP contribution in [0.5, 0.6) is 0 Å². The van der Waals surface area contributed by atoms with Crippen molar-refractivity contribution < 1.29 is 8.42 Å². The van der Waals surface area contributed by atoms with Gasteiger partial charge in [0.2, 0.25) is 0 Å². The number of nitrogens with zero attached hydrogens (tertiary/aromatic N) is 1. The molecule has 0 fully saturated rings. The zero-order chi connectivity index (χ0) is 20.6. The fourth-order valence-electron chi connectivity index (χ4n) is 3.22. The second-order valence-corrected chi connectivity index (χ2v) is 15.3. The first kappa shape index (κ1) is 23.1. The Hall–Kier alpha value is -0.161. The molecule has 154 valence electrons. The third kappa shape index (κ3) is 5.26. The number of hydrogen-bond donors (Lipinski definition) is 0. The van der Waals surface area contributed by atoms with Crippen LogP contribution >= 0.6 is 11.3 Å². The van der Waals surface area contributed by atoms with Gasteiger partial charge in [-0.2, -0.15) is 0 Å². The van der Waals surface area contributed by atoms with Gasteiger partial charge in [0.25, 0.3) is 0 Å². The Balaban J connectivity index is 2.52. The van der Waals surface area contributed by atoms with Gasteiger partial charge in [0, 0.05) is 0 Å². The van der Waals surface area contributed by atoms with Gasteiger partial charge >= 0.3 is 176 Å². The Labute approximate surface area is 175 Å². The minimum absolute atomic E-state index is 0.0157. The van der Waals surface area contributed by atoms with Gasteiger partial charge in [-0.3, -0.25) is 0 Å². The van der Waals surface area contributed by atoms with Gasteiger partial charge < -0.3 is 0 Å². The molecular weight excluding hydrogens is 441 g/mol. The van der Waals surface area contributed by atoms with Crippen LogP contribution in [-0.4, -0.2) is 33.7 Å². The first-order chi connectivity index (χ1) is 12.3. The van der Waals surface area contributed by atoms with Crippen LogP contribution in [0.2, 0.25) is 0 Å². The van der Waals surface area contributed by atoms with Crippen LogP contribution < -0.4 is 0 Å². The number of fused-ring (bicyclic) bond motifs is 1. The molecule has 0 amide bonds. The predicted octanol–water partition coefficient (Wildman–Crippen LogP) is 5.94. The average Bonchev–Trinajstić information content (AvgIpc) is 3.08. The second kappa shape index (κ2) is 8.30. The molecule has 2 aromatic rings. The SMILES string of the molecule is CCCCC(CC)CS(=O)(=O)c1nc2c(C(C)(C)C)sc(C(C)(C)C)c2[se]1.